The number of nitrogens with one attached hydrogen (secondary N) is 1. The molecule has 0 unspecified atom stereocenters. The predicted octanol–water partition coefficient (Wildman–Crippen LogP) is 3.40. The van der Waals surface area contributed by atoms with Crippen molar-refractivity contribution in [1.29, 1.82) is 0 Å². The maximum Gasteiger partial charge on any atom is 0.287 e. The van der Waals surface area contributed by atoms with Gasteiger partial charge in [0.1, 0.15) is 11.9 Å². The Balaban J connectivity index is 1.45. The van der Waals surface area contributed by atoms with Gasteiger partial charge in [-0.25, -0.2) is 4.98 Å². The van der Waals surface area contributed by atoms with Crippen LogP contribution in [-0.2, 0) is 6.42 Å². The van der Waals surface area contributed by atoms with Gasteiger partial charge < -0.3 is 14.5 Å². The number of hydrogen-bond acceptors (Lipinski definition) is 5. The summed E-state index contributed by atoms with van der Waals surface area (Å²) < 4.78 is 11.2. The zero-order valence-electron chi connectivity index (χ0n) is 15.6. The minimum Gasteiger partial charge on any atom is -0.488 e. The van der Waals surface area contributed by atoms with Crippen LogP contribution >= 0.6 is 0 Å². The Morgan fingerprint density at radius 3 is 2.89 bits per heavy atom. The number of aromatic nitrogens is 2. The van der Waals surface area contributed by atoms with E-state index in [0.717, 1.165) is 45.9 Å². The molecule has 1 amide bonds. The number of nitrogens with zero attached hydrogens (tertiary/aromatic N) is 2. The fraction of sp³-hybridized carbons (Fsp3) is 0.286. The first-order chi connectivity index (χ1) is 13.0. The van der Waals surface area contributed by atoms with E-state index >= 15 is 0 Å². The number of fused-ring (bicyclic) bond motifs is 1. The van der Waals surface area contributed by atoms with E-state index in [1.165, 1.54) is 6.26 Å². The van der Waals surface area contributed by atoms with Gasteiger partial charge in [0.05, 0.1) is 29.9 Å². The highest BCUT2D eigenvalue weighted by Gasteiger charge is 2.25. The number of rotatable bonds is 4. The van der Waals surface area contributed by atoms with Crippen LogP contribution in [0.5, 0.6) is 5.75 Å². The molecule has 0 radical (unpaired) electrons. The number of amides is 1. The van der Waals surface area contributed by atoms with Gasteiger partial charge in [-0.2, -0.15) is 0 Å². The molecule has 3 heterocycles. The van der Waals surface area contributed by atoms with Crippen LogP contribution in [0.3, 0.4) is 0 Å². The van der Waals surface area contributed by atoms with Crippen LogP contribution in [0.25, 0.3) is 11.3 Å². The lowest BCUT2D eigenvalue weighted by Crippen LogP contribution is -2.34. The van der Waals surface area contributed by atoms with Crippen molar-refractivity contribution in [3.05, 3.63) is 65.0 Å². The zero-order valence-corrected chi connectivity index (χ0v) is 15.6. The van der Waals surface area contributed by atoms with E-state index in [0.29, 0.717) is 12.3 Å². The van der Waals surface area contributed by atoms with E-state index in [-0.39, 0.29) is 12.0 Å². The molecule has 1 aromatic carbocycles. The second kappa shape index (κ2) is 6.87. The molecule has 0 spiro atoms. The Morgan fingerprint density at radius 1 is 1.26 bits per heavy atom. The van der Waals surface area contributed by atoms with Crippen LogP contribution in [0.2, 0.25) is 0 Å². The smallest absolute Gasteiger partial charge is 0.287 e. The molecule has 0 bridgehead atoms. The van der Waals surface area contributed by atoms with Crippen LogP contribution in [-0.4, -0.2) is 28.5 Å². The first-order valence-corrected chi connectivity index (χ1v) is 8.94. The van der Waals surface area contributed by atoms with Crippen molar-refractivity contribution in [2.24, 2.45) is 0 Å². The second-order valence-corrected chi connectivity index (χ2v) is 6.85. The third-order valence-electron chi connectivity index (χ3n) is 4.71. The molecule has 1 aliphatic heterocycles. The molecule has 4 rings (SSSR count). The van der Waals surface area contributed by atoms with Gasteiger partial charge >= 0.3 is 0 Å². The van der Waals surface area contributed by atoms with E-state index in [4.69, 9.17) is 9.15 Å². The van der Waals surface area contributed by atoms with E-state index < -0.39 is 0 Å². The van der Waals surface area contributed by atoms with E-state index in [9.17, 15) is 4.79 Å². The van der Waals surface area contributed by atoms with Crippen molar-refractivity contribution < 1.29 is 13.9 Å². The van der Waals surface area contributed by atoms with E-state index in [1.807, 2.05) is 32.9 Å². The Hall–Kier alpha value is -3.15. The summed E-state index contributed by atoms with van der Waals surface area (Å²) in [5.74, 6) is 0.982. The number of aryl methyl sites for hydroxylation is 3. The topological polar surface area (TPSA) is 77.2 Å². The molecule has 0 fully saturated rings. The average molecular weight is 363 g/mol. The first kappa shape index (κ1) is 17.3. The first-order valence-electron chi connectivity index (χ1n) is 8.94. The number of carbonyl (C=O) groups excluding carboxylic acids is 1. The third kappa shape index (κ3) is 3.43. The SMILES string of the molecule is Cc1cnc(C)c(-c2ccc3c(c2)C[C@H](CNC(=O)c2occc2C)O3)n1. The Bertz CT molecular complexity index is 1010. The molecule has 0 saturated carbocycles. The normalized spacial score (nSPS) is 15.3. The standard InChI is InChI=1S/C21H21N3O3/c1-12-6-7-26-20(12)21(25)23-11-17-9-16-8-15(4-5-18(16)27-17)19-14(3)22-10-13(2)24-19/h4-8,10,17H,9,11H2,1-3H3,(H,23,25)/t17-/m1/s1. The summed E-state index contributed by atoms with van der Waals surface area (Å²) in [6.07, 6.45) is 3.93. The van der Waals surface area contributed by atoms with Crippen LogP contribution in [0, 0.1) is 20.8 Å². The van der Waals surface area contributed by atoms with Crippen LogP contribution in [0.1, 0.15) is 33.1 Å². The number of furan rings is 1. The molecule has 6 nitrogen and oxygen atoms in total. The van der Waals surface area contributed by atoms with Crippen molar-refractivity contribution in [1.82, 2.24) is 15.3 Å². The van der Waals surface area contributed by atoms with Crippen molar-refractivity contribution >= 4 is 5.91 Å². The number of hydrogen-bond donors (Lipinski definition) is 1. The number of benzene rings is 1. The van der Waals surface area contributed by atoms with Crippen LogP contribution in [0.15, 0.2) is 41.1 Å². The van der Waals surface area contributed by atoms with Crippen LogP contribution in [0.4, 0.5) is 0 Å². The zero-order chi connectivity index (χ0) is 19.0. The van der Waals surface area contributed by atoms with Gasteiger partial charge in [-0.3, -0.25) is 9.78 Å². The second-order valence-electron chi connectivity index (χ2n) is 6.85. The Kier molecular flexibility index (Phi) is 4.39. The molecule has 27 heavy (non-hydrogen) atoms. The molecule has 138 valence electrons. The van der Waals surface area contributed by atoms with Gasteiger partial charge in [0, 0.05) is 23.7 Å². The highest BCUT2D eigenvalue weighted by atomic mass is 16.5. The summed E-state index contributed by atoms with van der Waals surface area (Å²) in [5, 5.41) is 2.89. The van der Waals surface area contributed by atoms with Crippen molar-refractivity contribution in [3.63, 3.8) is 0 Å². The number of carbonyl (C=O) groups is 1. The number of ether oxygens (including phenoxy) is 1. The van der Waals surface area contributed by atoms with E-state index in [1.54, 1.807) is 12.3 Å². The molecular weight excluding hydrogens is 342 g/mol. The molecule has 0 saturated heterocycles. The minimum absolute atomic E-state index is 0.0980. The molecule has 1 atom stereocenters. The fourth-order valence-corrected chi connectivity index (χ4v) is 3.28. The van der Waals surface area contributed by atoms with Gasteiger partial charge in [-0.05, 0) is 50.6 Å². The highest BCUT2D eigenvalue weighted by Crippen LogP contribution is 2.33. The third-order valence-corrected chi connectivity index (χ3v) is 4.71. The lowest BCUT2D eigenvalue weighted by molar-refractivity contribution is 0.0905. The van der Waals surface area contributed by atoms with Crippen molar-refractivity contribution in [3.8, 4) is 17.0 Å². The Labute approximate surface area is 157 Å². The maximum absolute atomic E-state index is 12.2. The van der Waals surface area contributed by atoms with E-state index in [2.05, 4.69) is 21.4 Å². The molecule has 1 N–H and O–H groups in total. The molecular formula is C21H21N3O3. The van der Waals surface area contributed by atoms with Gasteiger partial charge in [0.2, 0.25) is 0 Å². The minimum atomic E-state index is -0.219. The molecule has 2 aromatic heterocycles. The lowest BCUT2D eigenvalue weighted by atomic mass is 10.0. The summed E-state index contributed by atoms with van der Waals surface area (Å²) in [7, 11) is 0. The van der Waals surface area contributed by atoms with Gasteiger partial charge in [-0.15, -0.1) is 0 Å². The molecule has 0 aliphatic carbocycles. The predicted molar refractivity (Wildman–Crippen MR) is 101 cm³/mol. The fourth-order valence-electron chi connectivity index (χ4n) is 3.28. The van der Waals surface area contributed by atoms with Crippen molar-refractivity contribution in [2.45, 2.75) is 33.3 Å². The molecule has 1 aliphatic rings. The van der Waals surface area contributed by atoms with Gasteiger partial charge in [0.25, 0.3) is 5.91 Å². The van der Waals surface area contributed by atoms with Gasteiger partial charge in [0.15, 0.2) is 5.76 Å². The largest absolute Gasteiger partial charge is 0.488 e. The summed E-state index contributed by atoms with van der Waals surface area (Å²) in [6.45, 7) is 6.16. The summed E-state index contributed by atoms with van der Waals surface area (Å²) in [6, 6.07) is 7.84. The Morgan fingerprint density at radius 2 is 2.11 bits per heavy atom. The summed E-state index contributed by atoms with van der Waals surface area (Å²) in [5.41, 5.74) is 5.65. The monoisotopic (exact) mass is 363 g/mol. The lowest BCUT2D eigenvalue weighted by Gasteiger charge is -2.11. The van der Waals surface area contributed by atoms with Crippen molar-refractivity contribution in [2.75, 3.05) is 6.54 Å². The summed E-state index contributed by atoms with van der Waals surface area (Å²) >= 11 is 0. The maximum atomic E-state index is 12.2. The summed E-state index contributed by atoms with van der Waals surface area (Å²) in [4.78, 5) is 21.2. The molecule has 3 aromatic rings. The quantitative estimate of drug-likeness (QED) is 0.769. The average Bonchev–Trinajstić information content (AvgIpc) is 3.26. The van der Waals surface area contributed by atoms with Gasteiger partial charge in [-0.1, -0.05) is 0 Å². The molecule has 6 heteroatoms. The van der Waals surface area contributed by atoms with Crippen LogP contribution < -0.4 is 10.1 Å². The highest BCUT2D eigenvalue weighted by molar-refractivity contribution is 5.92.